The molecule has 0 radical (unpaired) electrons. The van der Waals surface area contributed by atoms with Crippen LogP contribution >= 0.6 is 11.6 Å². The first kappa shape index (κ1) is 20.6. The summed E-state index contributed by atoms with van der Waals surface area (Å²) in [7, 11) is 0. The fourth-order valence-electron chi connectivity index (χ4n) is 2.05. The van der Waals surface area contributed by atoms with Gasteiger partial charge in [0.2, 0.25) is 5.91 Å². The number of nitrogens with one attached hydrogen (secondary N) is 2. The number of rotatable bonds is 9. The molecule has 0 spiro atoms. The first-order valence-electron chi connectivity index (χ1n) is 8.61. The van der Waals surface area contributed by atoms with Crippen molar-refractivity contribution in [3.05, 3.63) is 53.6 Å². The van der Waals surface area contributed by atoms with Crippen LogP contribution in [0.25, 0.3) is 0 Å². The summed E-state index contributed by atoms with van der Waals surface area (Å²) in [5.41, 5.74) is 0.525. The number of ether oxygens (including phenoxy) is 2. The van der Waals surface area contributed by atoms with Crippen LogP contribution in [0.4, 0.5) is 5.69 Å². The topological polar surface area (TPSA) is 76.7 Å². The van der Waals surface area contributed by atoms with E-state index in [1.807, 2.05) is 32.0 Å². The first-order chi connectivity index (χ1) is 12.9. The molecule has 2 amide bonds. The van der Waals surface area contributed by atoms with Gasteiger partial charge in [0.15, 0.2) is 6.61 Å². The number of hydrogen-bond donors (Lipinski definition) is 2. The highest BCUT2D eigenvalue weighted by Gasteiger charge is 2.09. The minimum atomic E-state index is -0.385. The zero-order valence-electron chi connectivity index (χ0n) is 15.3. The fraction of sp³-hybridized carbons (Fsp3) is 0.300. The molecule has 2 aromatic rings. The summed E-state index contributed by atoms with van der Waals surface area (Å²) in [5.74, 6) is 0.788. The van der Waals surface area contributed by atoms with E-state index in [2.05, 4.69) is 10.6 Å². The Labute approximate surface area is 163 Å². The van der Waals surface area contributed by atoms with E-state index in [1.54, 1.807) is 30.3 Å². The molecule has 144 valence electrons. The number of amides is 2. The predicted octanol–water partition coefficient (Wildman–Crippen LogP) is 3.51. The van der Waals surface area contributed by atoms with E-state index in [0.29, 0.717) is 34.7 Å². The lowest BCUT2D eigenvalue weighted by Gasteiger charge is -2.12. The van der Waals surface area contributed by atoms with Crippen molar-refractivity contribution in [3.63, 3.8) is 0 Å². The van der Waals surface area contributed by atoms with E-state index < -0.39 is 0 Å². The quantitative estimate of drug-likeness (QED) is 0.687. The SMILES string of the molecule is CC(C)COc1ccc(NC(=O)CNC(=O)COc2ccccc2)cc1Cl. The number of benzene rings is 2. The van der Waals surface area contributed by atoms with Gasteiger partial charge in [-0.2, -0.15) is 0 Å². The van der Waals surface area contributed by atoms with Crippen LogP contribution in [0.5, 0.6) is 11.5 Å². The molecule has 27 heavy (non-hydrogen) atoms. The van der Waals surface area contributed by atoms with Crippen molar-refractivity contribution in [1.29, 1.82) is 0 Å². The highest BCUT2D eigenvalue weighted by Crippen LogP contribution is 2.28. The van der Waals surface area contributed by atoms with Gasteiger partial charge >= 0.3 is 0 Å². The van der Waals surface area contributed by atoms with Crippen LogP contribution in [0.3, 0.4) is 0 Å². The zero-order chi connectivity index (χ0) is 19.6. The van der Waals surface area contributed by atoms with Gasteiger partial charge in [-0.1, -0.05) is 43.6 Å². The highest BCUT2D eigenvalue weighted by atomic mass is 35.5. The van der Waals surface area contributed by atoms with Gasteiger partial charge in [-0.05, 0) is 36.2 Å². The summed E-state index contributed by atoms with van der Waals surface area (Å²) in [5, 5.41) is 5.58. The van der Waals surface area contributed by atoms with Crippen LogP contribution in [0.1, 0.15) is 13.8 Å². The Morgan fingerprint density at radius 1 is 1.04 bits per heavy atom. The lowest BCUT2D eigenvalue weighted by atomic mass is 10.2. The smallest absolute Gasteiger partial charge is 0.258 e. The molecule has 0 atom stereocenters. The van der Waals surface area contributed by atoms with E-state index in [1.165, 1.54) is 0 Å². The highest BCUT2D eigenvalue weighted by molar-refractivity contribution is 6.32. The molecule has 6 nitrogen and oxygen atoms in total. The van der Waals surface area contributed by atoms with Gasteiger partial charge in [-0.3, -0.25) is 9.59 Å². The fourth-order valence-corrected chi connectivity index (χ4v) is 2.29. The summed E-state index contributed by atoms with van der Waals surface area (Å²) in [6.45, 7) is 4.32. The molecular formula is C20H23ClN2O4. The Morgan fingerprint density at radius 2 is 1.78 bits per heavy atom. The second kappa shape index (κ2) is 10.4. The van der Waals surface area contributed by atoms with Crippen LogP contribution < -0.4 is 20.1 Å². The number of halogens is 1. The average Bonchev–Trinajstić information content (AvgIpc) is 2.65. The molecular weight excluding hydrogens is 368 g/mol. The molecule has 0 unspecified atom stereocenters. The van der Waals surface area contributed by atoms with Crippen molar-refractivity contribution in [1.82, 2.24) is 5.32 Å². The van der Waals surface area contributed by atoms with Crippen molar-refractivity contribution in [3.8, 4) is 11.5 Å². The summed E-state index contributed by atoms with van der Waals surface area (Å²) in [4.78, 5) is 23.7. The molecule has 0 aromatic heterocycles. The second-order valence-electron chi connectivity index (χ2n) is 6.28. The molecule has 0 fully saturated rings. The van der Waals surface area contributed by atoms with E-state index in [0.717, 1.165) is 0 Å². The van der Waals surface area contributed by atoms with Gasteiger partial charge in [0.25, 0.3) is 5.91 Å². The number of carbonyl (C=O) groups is 2. The minimum absolute atomic E-state index is 0.162. The molecule has 0 heterocycles. The maximum atomic E-state index is 12.0. The second-order valence-corrected chi connectivity index (χ2v) is 6.68. The molecule has 2 rings (SSSR count). The molecule has 2 N–H and O–H groups in total. The minimum Gasteiger partial charge on any atom is -0.492 e. The van der Waals surface area contributed by atoms with Crippen molar-refractivity contribution < 1.29 is 19.1 Å². The van der Waals surface area contributed by atoms with Gasteiger partial charge in [-0.15, -0.1) is 0 Å². The van der Waals surface area contributed by atoms with E-state index >= 15 is 0 Å². The van der Waals surface area contributed by atoms with Crippen LogP contribution in [0.15, 0.2) is 48.5 Å². The van der Waals surface area contributed by atoms with Crippen molar-refractivity contribution in [2.45, 2.75) is 13.8 Å². The number of carbonyl (C=O) groups excluding carboxylic acids is 2. The third-order valence-corrected chi connectivity index (χ3v) is 3.64. The van der Waals surface area contributed by atoms with E-state index in [-0.39, 0.29) is 25.0 Å². The van der Waals surface area contributed by atoms with Crippen LogP contribution in [-0.2, 0) is 9.59 Å². The lowest BCUT2D eigenvalue weighted by Crippen LogP contribution is -2.35. The molecule has 2 aromatic carbocycles. The number of hydrogen-bond acceptors (Lipinski definition) is 4. The van der Waals surface area contributed by atoms with Crippen molar-refractivity contribution in [2.24, 2.45) is 5.92 Å². The summed E-state index contributed by atoms with van der Waals surface area (Å²) in [6.07, 6.45) is 0. The maximum absolute atomic E-state index is 12.0. The van der Waals surface area contributed by atoms with Gasteiger partial charge in [0.1, 0.15) is 11.5 Å². The molecule has 0 saturated carbocycles. The molecule has 0 aliphatic rings. The first-order valence-corrected chi connectivity index (χ1v) is 8.98. The predicted molar refractivity (Wildman–Crippen MR) is 105 cm³/mol. The third kappa shape index (κ3) is 7.58. The standard InChI is InChI=1S/C20H23ClN2O4/c1-14(2)12-27-18-9-8-15(10-17(18)21)23-19(24)11-22-20(25)13-26-16-6-4-3-5-7-16/h3-10,14H,11-13H2,1-2H3,(H,22,25)(H,23,24). The number of anilines is 1. The molecule has 0 bridgehead atoms. The summed E-state index contributed by atoms with van der Waals surface area (Å²) in [6, 6.07) is 14.0. The lowest BCUT2D eigenvalue weighted by molar-refractivity contribution is -0.125. The average molecular weight is 391 g/mol. The van der Waals surface area contributed by atoms with Crippen LogP contribution in [-0.4, -0.2) is 31.6 Å². The van der Waals surface area contributed by atoms with Crippen LogP contribution in [0.2, 0.25) is 5.02 Å². The molecule has 0 aliphatic heterocycles. The Kier molecular flexibility index (Phi) is 7.95. The van der Waals surface area contributed by atoms with Crippen molar-refractivity contribution >= 4 is 29.1 Å². The van der Waals surface area contributed by atoms with E-state index in [4.69, 9.17) is 21.1 Å². The Hall–Kier alpha value is -2.73. The maximum Gasteiger partial charge on any atom is 0.258 e. The molecule has 7 heteroatoms. The van der Waals surface area contributed by atoms with Gasteiger partial charge in [-0.25, -0.2) is 0 Å². The molecule has 0 saturated heterocycles. The molecule has 0 aliphatic carbocycles. The Bertz CT molecular complexity index is 766. The van der Waals surface area contributed by atoms with Gasteiger partial charge in [0.05, 0.1) is 18.2 Å². The monoisotopic (exact) mass is 390 g/mol. The van der Waals surface area contributed by atoms with Gasteiger partial charge in [0, 0.05) is 5.69 Å². The Balaban J connectivity index is 1.74. The summed E-state index contributed by atoms with van der Waals surface area (Å²) < 4.78 is 10.9. The summed E-state index contributed by atoms with van der Waals surface area (Å²) >= 11 is 6.16. The van der Waals surface area contributed by atoms with E-state index in [9.17, 15) is 9.59 Å². The number of para-hydroxylation sites is 1. The van der Waals surface area contributed by atoms with Crippen molar-refractivity contribution in [2.75, 3.05) is 25.1 Å². The van der Waals surface area contributed by atoms with Gasteiger partial charge < -0.3 is 20.1 Å². The normalized spacial score (nSPS) is 10.4. The Morgan fingerprint density at radius 3 is 2.44 bits per heavy atom. The van der Waals surface area contributed by atoms with Crippen LogP contribution in [0, 0.1) is 5.92 Å². The zero-order valence-corrected chi connectivity index (χ0v) is 16.1. The largest absolute Gasteiger partial charge is 0.492 e. The third-order valence-electron chi connectivity index (χ3n) is 3.35.